The van der Waals surface area contributed by atoms with E-state index in [1.165, 1.54) is 12.8 Å². The molecule has 1 aromatic rings. The van der Waals surface area contributed by atoms with Crippen molar-refractivity contribution in [2.75, 3.05) is 0 Å². The molecule has 0 aromatic heterocycles. The second-order valence-electron chi connectivity index (χ2n) is 5.72. The van der Waals surface area contributed by atoms with Crippen LogP contribution in [0.15, 0.2) is 22.7 Å². The van der Waals surface area contributed by atoms with E-state index in [9.17, 15) is 9.50 Å². The molecular weight excluding hydrogens is 307 g/mol. The van der Waals surface area contributed by atoms with Crippen LogP contribution in [0.2, 0.25) is 0 Å². The lowest BCUT2D eigenvalue weighted by atomic mass is 9.85. The third-order valence-corrected chi connectivity index (χ3v) is 4.93. The molecule has 1 aliphatic rings. The average Bonchev–Trinajstić information content (AvgIpc) is 2.57. The molecule has 1 fully saturated rings. The van der Waals surface area contributed by atoms with Crippen LogP contribution in [0.5, 0.6) is 0 Å². The number of rotatable bonds is 3. The fourth-order valence-corrected chi connectivity index (χ4v) is 3.59. The minimum atomic E-state index is -0.990. The van der Waals surface area contributed by atoms with Gasteiger partial charge in [-0.1, -0.05) is 38.3 Å². The zero-order chi connectivity index (χ0) is 13.9. The predicted octanol–water partition coefficient (Wildman–Crippen LogP) is 5.16. The van der Waals surface area contributed by atoms with Crippen LogP contribution < -0.4 is 0 Å². The van der Waals surface area contributed by atoms with Gasteiger partial charge in [-0.05, 0) is 53.6 Å². The summed E-state index contributed by atoms with van der Waals surface area (Å²) in [5.41, 5.74) is -0.532. The summed E-state index contributed by atoms with van der Waals surface area (Å²) >= 11 is 3.21. The third kappa shape index (κ3) is 3.38. The van der Waals surface area contributed by atoms with E-state index in [4.69, 9.17) is 0 Å². The molecule has 19 heavy (non-hydrogen) atoms. The van der Waals surface area contributed by atoms with Gasteiger partial charge in [0.15, 0.2) is 0 Å². The summed E-state index contributed by atoms with van der Waals surface area (Å²) in [5.74, 6) is 0.383. The Morgan fingerprint density at radius 1 is 1.37 bits per heavy atom. The van der Waals surface area contributed by atoms with Gasteiger partial charge in [-0.2, -0.15) is 0 Å². The molecule has 2 unspecified atom stereocenters. The van der Waals surface area contributed by atoms with Crippen molar-refractivity contribution in [3.63, 3.8) is 0 Å². The highest BCUT2D eigenvalue weighted by atomic mass is 79.9. The minimum Gasteiger partial charge on any atom is -0.385 e. The molecule has 0 heterocycles. The van der Waals surface area contributed by atoms with Crippen LogP contribution >= 0.6 is 15.9 Å². The van der Waals surface area contributed by atoms with Gasteiger partial charge in [0.25, 0.3) is 0 Å². The number of halogens is 2. The summed E-state index contributed by atoms with van der Waals surface area (Å²) in [7, 11) is 0. The van der Waals surface area contributed by atoms with Gasteiger partial charge in [0.1, 0.15) is 5.82 Å². The fourth-order valence-electron chi connectivity index (χ4n) is 3.22. The Bertz CT molecular complexity index is 435. The fraction of sp³-hybridized carbons (Fsp3) is 0.625. The van der Waals surface area contributed by atoms with Crippen LogP contribution in [0, 0.1) is 11.7 Å². The molecule has 1 nitrogen and oxygen atoms in total. The first-order valence-corrected chi connectivity index (χ1v) is 8.03. The molecule has 0 radical (unpaired) electrons. The van der Waals surface area contributed by atoms with E-state index in [2.05, 4.69) is 22.9 Å². The quantitative estimate of drug-likeness (QED) is 0.760. The Hall–Kier alpha value is -0.410. The Balaban J connectivity index is 2.20. The highest BCUT2D eigenvalue weighted by Crippen LogP contribution is 2.40. The lowest BCUT2D eigenvalue weighted by Gasteiger charge is -2.28. The molecule has 2 atom stereocenters. The van der Waals surface area contributed by atoms with Crippen molar-refractivity contribution >= 4 is 15.9 Å². The number of aliphatic hydroxyl groups is 1. The maximum atomic E-state index is 14.2. The van der Waals surface area contributed by atoms with Crippen LogP contribution in [0.1, 0.15) is 57.4 Å². The SMILES string of the molecule is CCCC1CCCC(O)(c2cccc(Br)c2F)CC1. The van der Waals surface area contributed by atoms with E-state index >= 15 is 0 Å². The van der Waals surface area contributed by atoms with Crippen molar-refractivity contribution in [2.24, 2.45) is 5.92 Å². The maximum absolute atomic E-state index is 14.2. The Morgan fingerprint density at radius 3 is 2.89 bits per heavy atom. The highest BCUT2D eigenvalue weighted by Gasteiger charge is 2.34. The van der Waals surface area contributed by atoms with E-state index in [0.717, 1.165) is 19.3 Å². The predicted molar refractivity (Wildman–Crippen MR) is 79.5 cm³/mol. The first kappa shape index (κ1) is 15.0. The summed E-state index contributed by atoms with van der Waals surface area (Å²) in [6.45, 7) is 2.20. The third-order valence-electron chi connectivity index (χ3n) is 4.32. The van der Waals surface area contributed by atoms with E-state index in [-0.39, 0.29) is 5.82 Å². The van der Waals surface area contributed by atoms with Crippen molar-refractivity contribution in [1.29, 1.82) is 0 Å². The van der Waals surface area contributed by atoms with Gasteiger partial charge in [0, 0.05) is 5.56 Å². The van der Waals surface area contributed by atoms with Crippen LogP contribution in [0.25, 0.3) is 0 Å². The average molecular weight is 329 g/mol. The van der Waals surface area contributed by atoms with Crippen LogP contribution in [0.4, 0.5) is 4.39 Å². The monoisotopic (exact) mass is 328 g/mol. The molecule has 3 heteroatoms. The van der Waals surface area contributed by atoms with Crippen molar-refractivity contribution in [1.82, 2.24) is 0 Å². The van der Waals surface area contributed by atoms with Gasteiger partial charge in [0.2, 0.25) is 0 Å². The van der Waals surface area contributed by atoms with E-state index in [0.29, 0.717) is 28.8 Å². The van der Waals surface area contributed by atoms with E-state index < -0.39 is 5.60 Å². The zero-order valence-corrected chi connectivity index (χ0v) is 13.0. The zero-order valence-electron chi connectivity index (χ0n) is 11.5. The number of hydrogen-bond donors (Lipinski definition) is 1. The second kappa shape index (κ2) is 6.36. The van der Waals surface area contributed by atoms with Crippen molar-refractivity contribution in [3.05, 3.63) is 34.1 Å². The normalized spacial score (nSPS) is 28.1. The smallest absolute Gasteiger partial charge is 0.143 e. The molecule has 106 valence electrons. The molecule has 0 aliphatic heterocycles. The first-order chi connectivity index (χ1) is 9.07. The highest BCUT2D eigenvalue weighted by molar-refractivity contribution is 9.10. The van der Waals surface area contributed by atoms with Crippen molar-refractivity contribution < 1.29 is 9.50 Å². The number of hydrogen-bond acceptors (Lipinski definition) is 1. The van der Waals surface area contributed by atoms with Gasteiger partial charge < -0.3 is 5.11 Å². The van der Waals surface area contributed by atoms with Crippen LogP contribution in [-0.4, -0.2) is 5.11 Å². The minimum absolute atomic E-state index is 0.307. The molecular formula is C16H22BrFO. The molecule has 1 saturated carbocycles. The molecule has 2 rings (SSSR count). The molecule has 1 N–H and O–H groups in total. The maximum Gasteiger partial charge on any atom is 0.143 e. The first-order valence-electron chi connectivity index (χ1n) is 7.23. The summed E-state index contributed by atoms with van der Waals surface area (Å²) in [4.78, 5) is 0. The Kier molecular flexibility index (Phi) is 5.02. The Morgan fingerprint density at radius 2 is 2.16 bits per heavy atom. The van der Waals surface area contributed by atoms with Gasteiger partial charge in [-0.25, -0.2) is 4.39 Å². The largest absolute Gasteiger partial charge is 0.385 e. The van der Waals surface area contributed by atoms with Gasteiger partial charge in [-0.15, -0.1) is 0 Å². The van der Waals surface area contributed by atoms with Crippen LogP contribution in [-0.2, 0) is 5.60 Å². The molecule has 0 amide bonds. The molecule has 0 bridgehead atoms. The van der Waals surface area contributed by atoms with Crippen molar-refractivity contribution in [2.45, 2.75) is 57.5 Å². The summed E-state index contributed by atoms with van der Waals surface area (Å²) in [5, 5.41) is 10.9. The lowest BCUT2D eigenvalue weighted by molar-refractivity contribution is 0.0160. The molecule has 0 spiro atoms. The van der Waals surface area contributed by atoms with Gasteiger partial charge >= 0.3 is 0 Å². The summed E-state index contributed by atoms with van der Waals surface area (Å²) in [6, 6.07) is 5.20. The standard InChI is InChI=1S/C16H22BrFO/c1-2-5-12-6-4-10-16(19,11-9-12)13-7-3-8-14(17)15(13)18/h3,7-8,12,19H,2,4-6,9-11H2,1H3. The summed E-state index contributed by atoms with van der Waals surface area (Å²) in [6.07, 6.45) is 6.88. The summed E-state index contributed by atoms with van der Waals surface area (Å²) < 4.78 is 14.6. The van der Waals surface area contributed by atoms with Crippen LogP contribution in [0.3, 0.4) is 0 Å². The topological polar surface area (TPSA) is 20.2 Å². The Labute approximate surface area is 123 Å². The molecule has 1 aliphatic carbocycles. The second-order valence-corrected chi connectivity index (χ2v) is 6.57. The lowest BCUT2D eigenvalue weighted by Crippen LogP contribution is -2.26. The van der Waals surface area contributed by atoms with Gasteiger partial charge in [-0.3, -0.25) is 0 Å². The van der Waals surface area contributed by atoms with E-state index in [1.807, 2.05) is 0 Å². The number of benzene rings is 1. The van der Waals surface area contributed by atoms with E-state index in [1.54, 1.807) is 18.2 Å². The van der Waals surface area contributed by atoms with Gasteiger partial charge in [0.05, 0.1) is 10.1 Å². The molecule has 1 aromatic carbocycles. The van der Waals surface area contributed by atoms with Crippen molar-refractivity contribution in [3.8, 4) is 0 Å². The molecule has 0 saturated heterocycles.